The number of pyridine rings is 3. The van der Waals surface area contributed by atoms with E-state index < -0.39 is 5.41 Å². The topological polar surface area (TPSA) is 75.4 Å². The summed E-state index contributed by atoms with van der Waals surface area (Å²) in [4.78, 5) is 27.1. The zero-order chi connectivity index (χ0) is 41.0. The highest BCUT2D eigenvalue weighted by molar-refractivity contribution is 7.99. The van der Waals surface area contributed by atoms with E-state index >= 15 is 0 Å². The maximum Gasteiger partial charge on any atom is 0.159 e. The van der Waals surface area contributed by atoms with E-state index in [2.05, 4.69) is 149 Å². The van der Waals surface area contributed by atoms with E-state index in [1.165, 1.54) is 43.2 Å². The summed E-state index contributed by atoms with van der Waals surface area (Å²) in [5.74, 6) is 1.49. The first-order chi connectivity index (χ1) is 30.7. The van der Waals surface area contributed by atoms with E-state index in [0.29, 0.717) is 5.84 Å². The molecule has 62 heavy (non-hydrogen) atoms. The van der Waals surface area contributed by atoms with Crippen molar-refractivity contribution >= 4 is 23.4 Å². The molecule has 1 unspecified atom stereocenters. The Labute approximate surface area is 363 Å². The number of benzene rings is 6. The fraction of sp³-hybridized carbons (Fsp3) is 0.0364. The van der Waals surface area contributed by atoms with E-state index in [4.69, 9.17) is 15.0 Å². The Hall–Kier alpha value is -7.74. The van der Waals surface area contributed by atoms with Gasteiger partial charge in [0.2, 0.25) is 0 Å². The van der Waals surface area contributed by atoms with Crippen molar-refractivity contribution in [1.29, 1.82) is 0 Å². The molecule has 0 fully saturated rings. The van der Waals surface area contributed by atoms with Crippen LogP contribution in [0.15, 0.2) is 226 Å². The molecule has 6 nitrogen and oxygen atoms in total. The van der Waals surface area contributed by atoms with Crippen LogP contribution in [0, 0.1) is 0 Å². The van der Waals surface area contributed by atoms with Gasteiger partial charge in [-0.15, -0.1) is 0 Å². The highest BCUT2D eigenvalue weighted by atomic mass is 32.2. The molecule has 5 heterocycles. The molecule has 292 valence electrons. The van der Waals surface area contributed by atoms with Gasteiger partial charge in [0.25, 0.3) is 0 Å². The Morgan fingerprint density at radius 2 is 0.984 bits per heavy atom. The van der Waals surface area contributed by atoms with Crippen molar-refractivity contribution in [2.24, 2.45) is 9.98 Å². The van der Waals surface area contributed by atoms with E-state index in [1.54, 1.807) is 0 Å². The fourth-order valence-electron chi connectivity index (χ4n) is 9.35. The van der Waals surface area contributed by atoms with Gasteiger partial charge < -0.3 is 5.32 Å². The van der Waals surface area contributed by atoms with Crippen molar-refractivity contribution < 1.29 is 0 Å². The molecule has 3 aromatic heterocycles. The van der Waals surface area contributed by atoms with Crippen molar-refractivity contribution in [2.45, 2.75) is 21.4 Å². The van der Waals surface area contributed by atoms with Gasteiger partial charge in [-0.05, 0) is 98.6 Å². The molecular weight excluding hydrogens is 777 g/mol. The van der Waals surface area contributed by atoms with Crippen LogP contribution >= 0.6 is 11.8 Å². The van der Waals surface area contributed by atoms with Crippen molar-refractivity contribution in [1.82, 2.24) is 20.3 Å². The maximum atomic E-state index is 5.20. The van der Waals surface area contributed by atoms with Gasteiger partial charge >= 0.3 is 0 Å². The molecular formula is C55H36N6S. The van der Waals surface area contributed by atoms with Crippen LogP contribution in [0.2, 0.25) is 0 Å². The second-order valence-corrected chi connectivity index (χ2v) is 16.7. The van der Waals surface area contributed by atoms with E-state index in [1.807, 2.05) is 84.8 Å². The molecule has 0 amide bonds. The zero-order valence-electron chi connectivity index (χ0n) is 33.4. The predicted molar refractivity (Wildman–Crippen MR) is 249 cm³/mol. The molecule has 2 aliphatic heterocycles. The molecule has 0 bridgehead atoms. The Balaban J connectivity index is 1.05. The lowest BCUT2D eigenvalue weighted by atomic mass is 9.67. The highest BCUT2D eigenvalue weighted by Crippen LogP contribution is 2.62. The van der Waals surface area contributed by atoms with Crippen molar-refractivity contribution in [3.8, 4) is 45.0 Å². The van der Waals surface area contributed by atoms with E-state index in [-0.39, 0.29) is 6.17 Å². The summed E-state index contributed by atoms with van der Waals surface area (Å²) in [7, 11) is 0. The summed E-state index contributed by atoms with van der Waals surface area (Å²) >= 11 is 1.82. The number of aliphatic imine (C=N–C) groups is 2. The fourth-order valence-corrected chi connectivity index (χ4v) is 10.6. The summed E-state index contributed by atoms with van der Waals surface area (Å²) < 4.78 is 0. The Kier molecular flexibility index (Phi) is 8.61. The summed E-state index contributed by atoms with van der Waals surface area (Å²) in [6.07, 6.45) is 3.33. The minimum atomic E-state index is -0.540. The van der Waals surface area contributed by atoms with Crippen molar-refractivity contribution in [3.05, 3.63) is 245 Å². The summed E-state index contributed by atoms with van der Waals surface area (Å²) in [6.45, 7) is 0. The number of aromatic nitrogens is 3. The van der Waals surface area contributed by atoms with Gasteiger partial charge in [0, 0.05) is 33.3 Å². The lowest BCUT2D eigenvalue weighted by Gasteiger charge is -2.40. The normalized spacial score (nSPS) is 15.3. The van der Waals surface area contributed by atoms with Crippen LogP contribution < -0.4 is 5.32 Å². The average Bonchev–Trinajstić information content (AvgIpc) is 3.65. The second-order valence-electron chi connectivity index (χ2n) is 15.7. The number of fused-ring (bicyclic) bond motifs is 9. The van der Waals surface area contributed by atoms with Gasteiger partial charge in [-0.2, -0.15) is 0 Å². The third-order valence-corrected chi connectivity index (χ3v) is 13.2. The van der Waals surface area contributed by atoms with Crippen molar-refractivity contribution in [3.63, 3.8) is 0 Å². The minimum Gasteiger partial charge on any atom is -0.344 e. The van der Waals surface area contributed by atoms with Crippen LogP contribution in [0.3, 0.4) is 0 Å². The third-order valence-electron chi connectivity index (χ3n) is 12.1. The zero-order valence-corrected chi connectivity index (χ0v) is 34.2. The van der Waals surface area contributed by atoms with Crippen LogP contribution in [0.4, 0.5) is 0 Å². The van der Waals surface area contributed by atoms with Crippen LogP contribution in [-0.2, 0) is 5.41 Å². The first-order valence-corrected chi connectivity index (χ1v) is 21.6. The molecule has 12 rings (SSSR count). The van der Waals surface area contributed by atoms with Crippen LogP contribution in [0.25, 0.3) is 45.0 Å². The Bertz CT molecular complexity index is 3140. The van der Waals surface area contributed by atoms with Gasteiger partial charge in [0.15, 0.2) is 5.84 Å². The van der Waals surface area contributed by atoms with Gasteiger partial charge in [-0.1, -0.05) is 157 Å². The van der Waals surface area contributed by atoms with Crippen LogP contribution in [0.1, 0.15) is 45.1 Å². The molecule has 1 N–H and O–H groups in total. The molecule has 0 saturated heterocycles. The Morgan fingerprint density at radius 1 is 0.435 bits per heavy atom. The van der Waals surface area contributed by atoms with Gasteiger partial charge in [0.1, 0.15) is 12.0 Å². The molecule has 1 spiro atoms. The minimum absolute atomic E-state index is 0.293. The maximum absolute atomic E-state index is 5.20. The molecule has 6 aromatic carbocycles. The lowest BCUT2D eigenvalue weighted by molar-refractivity contribution is 0.673. The standard InChI is InChI=1S/C55H36N6S/c1-3-15-35(16-4-1)52-59-53(36-17-5-2-6-18-36)61-54(60-52)38-26-28-45-51(34-38)62-50-33-37(25-27-44(50)55(45)42-21-9-7-19-40(42)41-20-8-10-22-43(41)55)39-31-48(46-23-11-13-29-56-46)58-49(32-39)47-24-12-14-30-57-47/h1-34,52H,(H,59,60,61). The van der Waals surface area contributed by atoms with E-state index in [9.17, 15) is 0 Å². The van der Waals surface area contributed by atoms with Gasteiger partial charge in [-0.3, -0.25) is 9.97 Å². The number of nitrogens with one attached hydrogen (secondary N) is 1. The number of hydrogen-bond donors (Lipinski definition) is 1. The lowest BCUT2D eigenvalue weighted by Crippen LogP contribution is -2.34. The quantitative estimate of drug-likeness (QED) is 0.181. The summed E-state index contributed by atoms with van der Waals surface area (Å²) in [5.41, 5.74) is 15.5. The SMILES string of the molecule is c1ccc(C2=NC(c3ccccc3)NC(c3ccc4c(c3)Sc3cc(-c5cc(-c6ccccn6)nc(-c6ccccn6)c5)ccc3C43c4ccccc4-c4ccccc43)=N2)cc1. The largest absolute Gasteiger partial charge is 0.344 e. The molecule has 1 atom stereocenters. The molecule has 1 aliphatic carbocycles. The first-order valence-electron chi connectivity index (χ1n) is 20.8. The average molecular weight is 813 g/mol. The number of hydrogen-bond acceptors (Lipinski definition) is 7. The second kappa shape index (κ2) is 14.8. The molecule has 0 saturated carbocycles. The molecule has 0 radical (unpaired) electrons. The smallest absolute Gasteiger partial charge is 0.159 e. The molecule has 9 aromatic rings. The highest BCUT2D eigenvalue weighted by Gasteiger charge is 2.50. The number of nitrogens with zero attached hydrogens (tertiary/aromatic N) is 5. The summed E-state index contributed by atoms with van der Waals surface area (Å²) in [6, 6.07) is 68.6. The number of rotatable bonds is 6. The van der Waals surface area contributed by atoms with Gasteiger partial charge in [-0.25, -0.2) is 15.0 Å². The monoisotopic (exact) mass is 812 g/mol. The molecule has 7 heteroatoms. The van der Waals surface area contributed by atoms with Crippen LogP contribution in [0.5, 0.6) is 0 Å². The summed E-state index contributed by atoms with van der Waals surface area (Å²) in [5, 5.41) is 3.71. The number of amidine groups is 2. The first kappa shape index (κ1) is 36.1. The Morgan fingerprint density at radius 3 is 1.60 bits per heavy atom. The molecule has 3 aliphatic rings. The third kappa shape index (κ3) is 5.92. The van der Waals surface area contributed by atoms with Crippen molar-refractivity contribution in [2.75, 3.05) is 0 Å². The van der Waals surface area contributed by atoms with Crippen LogP contribution in [-0.4, -0.2) is 26.6 Å². The van der Waals surface area contributed by atoms with E-state index in [0.717, 1.165) is 56.4 Å². The van der Waals surface area contributed by atoms with Gasteiger partial charge in [0.05, 0.1) is 28.2 Å². The predicted octanol–water partition coefficient (Wildman–Crippen LogP) is 12.2.